The minimum Gasteiger partial charge on any atom is -0.328 e. The van der Waals surface area contributed by atoms with Gasteiger partial charge >= 0.3 is 0 Å². The van der Waals surface area contributed by atoms with E-state index < -0.39 is 0 Å². The van der Waals surface area contributed by atoms with Gasteiger partial charge in [-0.15, -0.1) is 0 Å². The average molecular weight is 365 g/mol. The molecule has 146 valence electrons. The van der Waals surface area contributed by atoms with Crippen molar-refractivity contribution in [3.05, 3.63) is 71.6 Å². The van der Waals surface area contributed by atoms with Crippen molar-refractivity contribution in [2.75, 3.05) is 0 Å². The van der Waals surface area contributed by atoms with Gasteiger partial charge < -0.3 is 4.57 Å². The maximum atomic E-state index is 4.65. The van der Waals surface area contributed by atoms with Crippen molar-refractivity contribution in [1.29, 1.82) is 0 Å². The van der Waals surface area contributed by atoms with E-state index in [0.29, 0.717) is 0 Å². The number of fused-ring (bicyclic) bond motifs is 1. The van der Waals surface area contributed by atoms with Crippen LogP contribution in [0.15, 0.2) is 49.0 Å². The molecule has 0 aliphatic rings. The van der Waals surface area contributed by atoms with Crippen LogP contribution in [0.3, 0.4) is 0 Å². The summed E-state index contributed by atoms with van der Waals surface area (Å²) in [6, 6.07) is 14.8. The Morgan fingerprint density at radius 3 is 2.19 bits per heavy atom. The molecule has 2 nitrogen and oxygen atoms in total. The molecule has 0 saturated carbocycles. The number of allylic oxidation sites excluding steroid dienone is 1. The summed E-state index contributed by atoms with van der Waals surface area (Å²) in [5, 5.41) is 0. The van der Waals surface area contributed by atoms with Crippen LogP contribution in [0.5, 0.6) is 0 Å². The van der Waals surface area contributed by atoms with E-state index in [-0.39, 0.29) is 0 Å². The molecule has 0 bridgehead atoms. The average Bonchev–Trinajstić information content (AvgIpc) is 3.01. The van der Waals surface area contributed by atoms with Gasteiger partial charge in [-0.2, -0.15) is 0 Å². The Labute approximate surface area is 166 Å². The van der Waals surface area contributed by atoms with Crippen molar-refractivity contribution in [3.63, 3.8) is 0 Å². The lowest BCUT2D eigenvalue weighted by atomic mass is 10.1. The second-order valence-electron chi connectivity index (χ2n) is 6.68. The molecule has 0 saturated heterocycles. The lowest BCUT2D eigenvalue weighted by Crippen LogP contribution is -2.01. The highest BCUT2D eigenvalue weighted by atomic mass is 15.1. The first-order valence-electron chi connectivity index (χ1n) is 10.1. The molecule has 0 spiro atoms. The quantitative estimate of drug-likeness (QED) is 0.472. The van der Waals surface area contributed by atoms with Gasteiger partial charge in [0.1, 0.15) is 5.82 Å². The Kier molecular flexibility index (Phi) is 9.56. The van der Waals surface area contributed by atoms with Crippen LogP contribution in [-0.4, -0.2) is 9.55 Å². The summed E-state index contributed by atoms with van der Waals surface area (Å²) in [6.07, 6.45) is 2.17. The van der Waals surface area contributed by atoms with Crippen molar-refractivity contribution >= 4 is 16.6 Å². The highest BCUT2D eigenvalue weighted by molar-refractivity contribution is 5.76. The van der Waals surface area contributed by atoms with Gasteiger partial charge in [0.2, 0.25) is 0 Å². The van der Waals surface area contributed by atoms with Gasteiger partial charge in [-0.25, -0.2) is 4.98 Å². The molecule has 0 fully saturated rings. The third kappa shape index (κ3) is 6.39. The molecule has 2 heteroatoms. The number of nitrogens with zero attached hydrogens (tertiary/aromatic N) is 2. The predicted octanol–water partition coefficient (Wildman–Crippen LogP) is 7.37. The number of benzene rings is 2. The van der Waals surface area contributed by atoms with Crippen LogP contribution in [0, 0.1) is 13.8 Å². The molecule has 0 atom stereocenters. The van der Waals surface area contributed by atoms with Gasteiger partial charge in [-0.1, -0.05) is 75.7 Å². The molecular formula is C25H36N2. The van der Waals surface area contributed by atoms with Crippen LogP contribution < -0.4 is 0 Å². The third-order valence-electron chi connectivity index (χ3n) is 4.26. The van der Waals surface area contributed by atoms with E-state index in [4.69, 9.17) is 0 Å². The zero-order valence-electron chi connectivity index (χ0n) is 18.3. The van der Waals surface area contributed by atoms with Crippen LogP contribution in [0.25, 0.3) is 16.6 Å². The van der Waals surface area contributed by atoms with Gasteiger partial charge in [-0.05, 0) is 50.5 Å². The summed E-state index contributed by atoms with van der Waals surface area (Å²) in [6.45, 7) is 19.6. The molecule has 3 aromatic rings. The molecule has 0 amide bonds. The summed E-state index contributed by atoms with van der Waals surface area (Å²) >= 11 is 0. The Morgan fingerprint density at radius 1 is 1.00 bits per heavy atom. The van der Waals surface area contributed by atoms with Gasteiger partial charge in [0, 0.05) is 13.0 Å². The van der Waals surface area contributed by atoms with Crippen molar-refractivity contribution in [1.82, 2.24) is 9.55 Å². The van der Waals surface area contributed by atoms with Crippen LogP contribution in [0.4, 0.5) is 0 Å². The zero-order valence-corrected chi connectivity index (χ0v) is 18.3. The standard InChI is InChI=1S/C13H18N2.C10H12.C2H6/c1-4-8-15-12-9-10(3)6-7-11(12)14-13(15)5-2;1-8(2)10-6-4-5-9(3)7-10;1-2/h6-7,9H,4-5,8H2,1-3H3;4-7H,1H2,2-3H3;1-2H3. The molecule has 0 radical (unpaired) electrons. The minimum absolute atomic E-state index is 1.01. The summed E-state index contributed by atoms with van der Waals surface area (Å²) in [4.78, 5) is 4.65. The van der Waals surface area contributed by atoms with Crippen molar-refractivity contribution in [3.8, 4) is 0 Å². The second kappa shape index (κ2) is 11.4. The number of imidazole rings is 1. The second-order valence-corrected chi connectivity index (χ2v) is 6.68. The lowest BCUT2D eigenvalue weighted by Gasteiger charge is -2.05. The number of hydrogen-bond acceptors (Lipinski definition) is 1. The summed E-state index contributed by atoms with van der Waals surface area (Å²) in [7, 11) is 0. The SMILES string of the molecule is C=C(C)c1cccc(C)c1.CC.CCCn1c(CC)nc2ccc(C)cc21. The van der Waals surface area contributed by atoms with Crippen molar-refractivity contribution in [2.24, 2.45) is 0 Å². The van der Waals surface area contributed by atoms with Crippen LogP contribution >= 0.6 is 0 Å². The first-order chi connectivity index (χ1) is 13.0. The molecule has 1 aromatic heterocycles. The number of aromatic nitrogens is 2. The minimum atomic E-state index is 1.01. The number of rotatable bonds is 4. The Balaban J connectivity index is 0.000000265. The summed E-state index contributed by atoms with van der Waals surface area (Å²) in [5.41, 5.74) is 7.38. The molecule has 0 N–H and O–H groups in total. The smallest absolute Gasteiger partial charge is 0.109 e. The van der Waals surface area contributed by atoms with Crippen LogP contribution in [-0.2, 0) is 13.0 Å². The van der Waals surface area contributed by atoms with E-state index in [1.165, 1.54) is 28.0 Å². The summed E-state index contributed by atoms with van der Waals surface area (Å²) < 4.78 is 2.35. The molecule has 3 rings (SSSR count). The molecular weight excluding hydrogens is 328 g/mol. The van der Waals surface area contributed by atoms with E-state index in [1.807, 2.05) is 20.8 Å². The van der Waals surface area contributed by atoms with E-state index in [1.54, 1.807) is 0 Å². The Bertz CT molecular complexity index is 856. The topological polar surface area (TPSA) is 17.8 Å². The van der Waals surface area contributed by atoms with E-state index >= 15 is 0 Å². The number of aryl methyl sites for hydroxylation is 4. The molecule has 27 heavy (non-hydrogen) atoms. The van der Waals surface area contributed by atoms with Crippen LogP contribution in [0.1, 0.15) is 63.6 Å². The maximum absolute atomic E-state index is 4.65. The maximum Gasteiger partial charge on any atom is 0.109 e. The molecule has 1 heterocycles. The molecule has 2 aromatic carbocycles. The molecule has 0 aliphatic carbocycles. The van der Waals surface area contributed by atoms with Crippen LogP contribution in [0.2, 0.25) is 0 Å². The Morgan fingerprint density at radius 2 is 1.67 bits per heavy atom. The first-order valence-corrected chi connectivity index (χ1v) is 10.1. The van der Waals surface area contributed by atoms with E-state index in [9.17, 15) is 0 Å². The fraction of sp³-hybridized carbons (Fsp3) is 0.400. The monoisotopic (exact) mass is 364 g/mol. The van der Waals surface area contributed by atoms with E-state index in [0.717, 1.165) is 30.5 Å². The molecule has 0 unspecified atom stereocenters. The first kappa shape index (κ1) is 22.7. The lowest BCUT2D eigenvalue weighted by molar-refractivity contribution is 0.659. The van der Waals surface area contributed by atoms with Crippen molar-refractivity contribution in [2.45, 2.75) is 67.9 Å². The number of hydrogen-bond donors (Lipinski definition) is 0. The largest absolute Gasteiger partial charge is 0.328 e. The van der Waals surface area contributed by atoms with Gasteiger partial charge in [0.25, 0.3) is 0 Å². The zero-order chi connectivity index (χ0) is 20.4. The van der Waals surface area contributed by atoms with Crippen molar-refractivity contribution < 1.29 is 0 Å². The van der Waals surface area contributed by atoms with Gasteiger partial charge in [0.05, 0.1) is 11.0 Å². The van der Waals surface area contributed by atoms with Gasteiger partial charge in [-0.3, -0.25) is 0 Å². The Hall–Kier alpha value is -2.35. The fourth-order valence-electron chi connectivity index (χ4n) is 2.94. The van der Waals surface area contributed by atoms with E-state index in [2.05, 4.69) is 86.3 Å². The normalized spacial score (nSPS) is 9.89. The molecule has 0 aliphatic heterocycles. The fourth-order valence-corrected chi connectivity index (χ4v) is 2.94. The van der Waals surface area contributed by atoms with Gasteiger partial charge in [0.15, 0.2) is 0 Å². The summed E-state index contributed by atoms with van der Waals surface area (Å²) in [5.74, 6) is 1.21. The third-order valence-corrected chi connectivity index (χ3v) is 4.26. The highest BCUT2D eigenvalue weighted by Gasteiger charge is 2.07. The highest BCUT2D eigenvalue weighted by Crippen LogP contribution is 2.18. The predicted molar refractivity (Wildman–Crippen MR) is 121 cm³/mol.